The molecule has 130 valence electrons. The number of aromatic nitrogens is 2. The number of hydrogen-bond acceptors (Lipinski definition) is 3. The molecule has 0 saturated heterocycles. The maximum atomic E-state index is 12.3. The standard InChI is InChI=1S/C18H15F3N2O2/c1-3-10-23-16-9-8-14(24-2)11-15(16)22-17(23)12-4-6-13(7-5-12)25-18(19,20)21/h3-9,11H,1,10H2,2H3. The molecule has 1 heterocycles. The first kappa shape index (κ1) is 16.9. The molecule has 0 bridgehead atoms. The van der Waals surface area contributed by atoms with Gasteiger partial charge in [-0.3, -0.25) is 0 Å². The first-order chi connectivity index (χ1) is 11.9. The van der Waals surface area contributed by atoms with Crippen molar-refractivity contribution in [3.05, 3.63) is 55.1 Å². The summed E-state index contributed by atoms with van der Waals surface area (Å²) in [4.78, 5) is 4.59. The number of alkyl halides is 3. The van der Waals surface area contributed by atoms with Gasteiger partial charge in [-0.1, -0.05) is 6.08 Å². The van der Waals surface area contributed by atoms with Gasteiger partial charge in [0, 0.05) is 18.2 Å². The molecule has 0 aliphatic rings. The zero-order valence-corrected chi connectivity index (χ0v) is 13.4. The molecule has 2 aromatic carbocycles. The van der Waals surface area contributed by atoms with Gasteiger partial charge in [0.2, 0.25) is 0 Å². The van der Waals surface area contributed by atoms with Crippen LogP contribution in [0.1, 0.15) is 0 Å². The van der Waals surface area contributed by atoms with Crippen molar-refractivity contribution >= 4 is 11.0 Å². The average Bonchev–Trinajstić information content (AvgIpc) is 2.92. The van der Waals surface area contributed by atoms with Gasteiger partial charge in [-0.05, 0) is 36.4 Å². The fourth-order valence-corrected chi connectivity index (χ4v) is 2.58. The van der Waals surface area contributed by atoms with Crippen LogP contribution in [0, 0.1) is 0 Å². The highest BCUT2D eigenvalue weighted by Crippen LogP contribution is 2.30. The average molecular weight is 348 g/mol. The van der Waals surface area contributed by atoms with E-state index >= 15 is 0 Å². The maximum absolute atomic E-state index is 12.3. The quantitative estimate of drug-likeness (QED) is 0.622. The first-order valence-corrected chi connectivity index (χ1v) is 7.42. The zero-order valence-electron chi connectivity index (χ0n) is 13.4. The minimum absolute atomic E-state index is 0.274. The molecule has 0 unspecified atom stereocenters. The molecule has 0 amide bonds. The third kappa shape index (κ3) is 3.60. The minimum Gasteiger partial charge on any atom is -0.497 e. The summed E-state index contributed by atoms with van der Waals surface area (Å²) in [6, 6.07) is 11.1. The summed E-state index contributed by atoms with van der Waals surface area (Å²) >= 11 is 0. The van der Waals surface area contributed by atoms with E-state index in [9.17, 15) is 13.2 Å². The van der Waals surface area contributed by atoms with Crippen LogP contribution in [0.25, 0.3) is 22.4 Å². The second-order valence-electron chi connectivity index (χ2n) is 5.26. The Kier molecular flexibility index (Phi) is 4.39. The molecular formula is C18H15F3N2O2. The number of imidazole rings is 1. The molecule has 1 aromatic heterocycles. The molecule has 0 aliphatic carbocycles. The Hall–Kier alpha value is -2.96. The van der Waals surface area contributed by atoms with Crippen molar-refractivity contribution in [1.82, 2.24) is 9.55 Å². The summed E-state index contributed by atoms with van der Waals surface area (Å²) in [5, 5.41) is 0. The van der Waals surface area contributed by atoms with Crippen molar-refractivity contribution in [3.63, 3.8) is 0 Å². The molecule has 0 atom stereocenters. The number of allylic oxidation sites excluding steroid dienone is 1. The highest BCUT2D eigenvalue weighted by molar-refractivity contribution is 5.82. The van der Waals surface area contributed by atoms with Crippen molar-refractivity contribution < 1.29 is 22.6 Å². The molecule has 0 saturated carbocycles. The molecule has 4 nitrogen and oxygen atoms in total. The summed E-state index contributed by atoms with van der Waals surface area (Å²) in [7, 11) is 1.57. The van der Waals surface area contributed by atoms with E-state index in [0.717, 1.165) is 11.0 Å². The minimum atomic E-state index is -4.71. The Balaban J connectivity index is 2.04. The van der Waals surface area contributed by atoms with Gasteiger partial charge in [-0.25, -0.2) is 4.98 Å². The highest BCUT2D eigenvalue weighted by atomic mass is 19.4. The summed E-state index contributed by atoms with van der Waals surface area (Å²) in [5.41, 5.74) is 2.28. The molecule has 0 aliphatic heterocycles. The Bertz CT molecular complexity index is 899. The van der Waals surface area contributed by atoms with E-state index in [1.54, 1.807) is 31.4 Å². The highest BCUT2D eigenvalue weighted by Gasteiger charge is 2.31. The number of nitrogens with zero attached hydrogens (tertiary/aromatic N) is 2. The molecule has 3 rings (SSSR count). The van der Waals surface area contributed by atoms with Crippen molar-refractivity contribution in [1.29, 1.82) is 0 Å². The van der Waals surface area contributed by atoms with Crippen molar-refractivity contribution in [2.45, 2.75) is 12.9 Å². The lowest BCUT2D eigenvalue weighted by atomic mass is 10.2. The molecule has 0 radical (unpaired) electrons. The van der Waals surface area contributed by atoms with Crippen molar-refractivity contribution in [2.75, 3.05) is 7.11 Å². The summed E-state index contributed by atoms with van der Waals surface area (Å²) in [5.74, 6) is 1.03. The smallest absolute Gasteiger partial charge is 0.497 e. The van der Waals surface area contributed by atoms with Crippen LogP contribution < -0.4 is 9.47 Å². The Morgan fingerprint density at radius 2 is 1.80 bits per heavy atom. The molecule has 25 heavy (non-hydrogen) atoms. The van der Waals surface area contributed by atoms with Crippen molar-refractivity contribution in [2.24, 2.45) is 0 Å². The van der Waals surface area contributed by atoms with Crippen LogP contribution in [-0.4, -0.2) is 23.0 Å². The topological polar surface area (TPSA) is 36.3 Å². The van der Waals surface area contributed by atoms with Crippen LogP contribution in [0.5, 0.6) is 11.5 Å². The van der Waals surface area contributed by atoms with Crippen LogP contribution in [0.3, 0.4) is 0 Å². The van der Waals surface area contributed by atoms with Gasteiger partial charge in [-0.2, -0.15) is 0 Å². The van der Waals surface area contributed by atoms with Gasteiger partial charge >= 0.3 is 6.36 Å². The second-order valence-corrected chi connectivity index (χ2v) is 5.26. The van der Waals surface area contributed by atoms with E-state index in [4.69, 9.17) is 4.74 Å². The SMILES string of the molecule is C=CCn1c(-c2ccc(OC(F)(F)F)cc2)nc2cc(OC)ccc21. The van der Waals surface area contributed by atoms with Gasteiger partial charge in [0.05, 0.1) is 18.1 Å². The van der Waals surface area contributed by atoms with Crippen molar-refractivity contribution in [3.8, 4) is 22.9 Å². The lowest BCUT2D eigenvalue weighted by Gasteiger charge is -2.10. The van der Waals surface area contributed by atoms with Crippen LogP contribution in [0.4, 0.5) is 13.2 Å². The van der Waals surface area contributed by atoms with Crippen LogP contribution in [0.2, 0.25) is 0 Å². The molecule has 0 spiro atoms. The van der Waals surface area contributed by atoms with E-state index in [0.29, 0.717) is 23.7 Å². The summed E-state index contributed by atoms with van der Waals surface area (Å²) in [6.45, 7) is 4.26. The number of methoxy groups -OCH3 is 1. The predicted octanol–water partition coefficient (Wildman–Crippen LogP) is 4.80. The van der Waals surface area contributed by atoms with Crippen LogP contribution in [0.15, 0.2) is 55.1 Å². The van der Waals surface area contributed by atoms with Gasteiger partial charge in [0.1, 0.15) is 17.3 Å². The number of fused-ring (bicyclic) bond motifs is 1. The normalized spacial score (nSPS) is 11.5. The number of rotatable bonds is 5. The van der Waals surface area contributed by atoms with Gasteiger partial charge < -0.3 is 14.0 Å². The molecule has 3 aromatic rings. The Morgan fingerprint density at radius 3 is 2.40 bits per heavy atom. The van der Waals surface area contributed by atoms with E-state index in [2.05, 4.69) is 16.3 Å². The Morgan fingerprint density at radius 1 is 1.12 bits per heavy atom. The first-order valence-electron chi connectivity index (χ1n) is 7.42. The van der Waals surface area contributed by atoms with Gasteiger partial charge in [0.25, 0.3) is 0 Å². The number of halogens is 3. The van der Waals surface area contributed by atoms with Crippen LogP contribution in [-0.2, 0) is 6.54 Å². The summed E-state index contributed by atoms with van der Waals surface area (Å²) in [6.07, 6.45) is -2.98. The largest absolute Gasteiger partial charge is 0.573 e. The Labute approximate surface area is 142 Å². The van der Waals surface area contributed by atoms with Crippen LogP contribution >= 0.6 is 0 Å². The summed E-state index contributed by atoms with van der Waals surface area (Å²) < 4.78 is 47.9. The lowest BCUT2D eigenvalue weighted by molar-refractivity contribution is -0.274. The fourth-order valence-electron chi connectivity index (χ4n) is 2.58. The number of hydrogen-bond donors (Lipinski definition) is 0. The third-order valence-electron chi connectivity index (χ3n) is 3.61. The molecule has 7 heteroatoms. The molecule has 0 N–H and O–H groups in total. The molecular weight excluding hydrogens is 333 g/mol. The van der Waals surface area contributed by atoms with E-state index in [-0.39, 0.29) is 5.75 Å². The van der Waals surface area contributed by atoms with E-state index in [1.165, 1.54) is 12.1 Å². The number of ether oxygens (including phenoxy) is 2. The molecule has 0 fully saturated rings. The number of benzene rings is 2. The van der Waals surface area contributed by atoms with Gasteiger partial charge in [-0.15, -0.1) is 19.8 Å². The van der Waals surface area contributed by atoms with E-state index < -0.39 is 6.36 Å². The third-order valence-corrected chi connectivity index (χ3v) is 3.61. The predicted molar refractivity (Wildman–Crippen MR) is 88.6 cm³/mol. The zero-order chi connectivity index (χ0) is 18.0. The lowest BCUT2D eigenvalue weighted by Crippen LogP contribution is -2.16. The second kappa shape index (κ2) is 6.51. The van der Waals surface area contributed by atoms with E-state index in [1.807, 2.05) is 16.7 Å². The monoisotopic (exact) mass is 348 g/mol. The van der Waals surface area contributed by atoms with Gasteiger partial charge in [0.15, 0.2) is 0 Å². The maximum Gasteiger partial charge on any atom is 0.573 e. The fraction of sp³-hybridized carbons (Fsp3) is 0.167.